The van der Waals surface area contributed by atoms with Crippen molar-refractivity contribution in [2.75, 3.05) is 20.6 Å². The summed E-state index contributed by atoms with van der Waals surface area (Å²) in [6, 6.07) is 18.5. The van der Waals surface area contributed by atoms with Crippen molar-refractivity contribution in [3.63, 3.8) is 0 Å². The molecule has 2 bridgehead atoms. The molecule has 0 saturated heterocycles. The van der Waals surface area contributed by atoms with Crippen LogP contribution in [0.1, 0.15) is 34.6 Å². The number of rotatable bonds is 8. The highest BCUT2D eigenvalue weighted by Crippen LogP contribution is 2.50. The van der Waals surface area contributed by atoms with Gasteiger partial charge in [0.25, 0.3) is 0 Å². The zero-order chi connectivity index (χ0) is 23.1. The minimum Gasteiger partial charge on any atom is -0.459 e. The molecule has 4 unspecified atom stereocenters. The highest BCUT2D eigenvalue weighted by atomic mass is 32.1. The second kappa shape index (κ2) is 8.99. The molecule has 4 nitrogen and oxygen atoms in total. The van der Waals surface area contributed by atoms with E-state index in [-0.39, 0.29) is 6.10 Å². The summed E-state index contributed by atoms with van der Waals surface area (Å²) in [5, 5.41) is 15.4. The molecule has 4 atom stereocenters. The molecule has 2 heterocycles. The molecular weight excluding hydrogens is 450 g/mol. The quantitative estimate of drug-likeness (QED) is 0.360. The maximum absolute atomic E-state index is 13.5. The van der Waals surface area contributed by atoms with Crippen LogP contribution >= 0.6 is 22.7 Å². The van der Waals surface area contributed by atoms with Crippen molar-refractivity contribution in [2.24, 2.45) is 11.8 Å². The molecule has 6 heteroatoms. The first-order valence-electron chi connectivity index (χ1n) is 11.8. The Kier molecular flexibility index (Phi) is 6.21. The van der Waals surface area contributed by atoms with Crippen LogP contribution in [0, 0.1) is 11.8 Å². The number of hydrogen-bond donors (Lipinski definition) is 1. The van der Waals surface area contributed by atoms with Crippen molar-refractivity contribution in [3.8, 4) is 0 Å². The van der Waals surface area contributed by atoms with Gasteiger partial charge in [0.15, 0.2) is 0 Å². The summed E-state index contributed by atoms with van der Waals surface area (Å²) in [5.41, 5.74) is -0.357. The number of fused-ring (bicyclic) bond motifs is 2. The molecule has 2 aromatic heterocycles. The molecule has 1 aromatic carbocycles. The van der Waals surface area contributed by atoms with Crippen molar-refractivity contribution in [2.45, 2.75) is 43.4 Å². The smallest absolute Gasteiger partial charge is 0.349 e. The second-order valence-electron chi connectivity index (χ2n) is 10.1. The number of benzene rings is 1. The van der Waals surface area contributed by atoms with E-state index in [1.54, 1.807) is 0 Å². The Labute approximate surface area is 204 Å². The minimum atomic E-state index is -1.72. The number of carbonyl (C=O) groups excluding carboxylic acids is 1. The van der Waals surface area contributed by atoms with Gasteiger partial charge in [-0.1, -0.05) is 42.5 Å². The first-order valence-corrected chi connectivity index (χ1v) is 13.5. The molecule has 0 aliphatic heterocycles. The molecule has 2 aliphatic carbocycles. The summed E-state index contributed by atoms with van der Waals surface area (Å²) in [7, 11) is 4.64. The van der Waals surface area contributed by atoms with Crippen LogP contribution in [0.4, 0.5) is 0 Å². The molecule has 174 valence electrons. The lowest BCUT2D eigenvalue weighted by atomic mass is 9.92. The molecule has 0 radical (unpaired) electrons. The monoisotopic (exact) mass is 482 g/mol. The summed E-state index contributed by atoms with van der Waals surface area (Å²) in [4.78, 5) is 14.8. The molecule has 2 fully saturated rings. The lowest BCUT2D eigenvalue weighted by Gasteiger charge is -2.40. The Morgan fingerprint density at radius 2 is 1.70 bits per heavy atom. The van der Waals surface area contributed by atoms with Gasteiger partial charge < -0.3 is 14.3 Å². The predicted molar refractivity (Wildman–Crippen MR) is 133 cm³/mol. The van der Waals surface area contributed by atoms with Crippen LogP contribution in [0.15, 0.2) is 65.4 Å². The fourth-order valence-corrected chi connectivity index (χ4v) is 7.66. The average molecular weight is 483 g/mol. The Balaban J connectivity index is 1.32. The lowest BCUT2D eigenvalue weighted by Crippen LogP contribution is -2.53. The molecule has 2 aliphatic rings. The number of ether oxygens (including phenoxy) is 1. The third-order valence-electron chi connectivity index (χ3n) is 7.81. The van der Waals surface area contributed by atoms with Gasteiger partial charge in [-0.25, -0.2) is 4.79 Å². The number of thiophene rings is 2. The van der Waals surface area contributed by atoms with Crippen LogP contribution < -0.4 is 0 Å². The third-order valence-corrected chi connectivity index (χ3v) is 9.76. The number of esters is 1. The van der Waals surface area contributed by atoms with E-state index in [1.807, 2.05) is 35.0 Å². The molecular formula is C27H32NO3S2+. The number of nitrogens with zero attached hydrogens (tertiary/aromatic N) is 1. The van der Waals surface area contributed by atoms with Crippen LogP contribution in [0.3, 0.4) is 0 Å². The summed E-state index contributed by atoms with van der Waals surface area (Å²) in [5.74, 6) is 0.208. The average Bonchev–Trinajstić information content (AvgIpc) is 3.64. The van der Waals surface area contributed by atoms with E-state index in [0.717, 1.165) is 36.7 Å². The van der Waals surface area contributed by atoms with E-state index >= 15 is 0 Å². The van der Waals surface area contributed by atoms with Crippen molar-refractivity contribution in [1.29, 1.82) is 0 Å². The normalized spacial score (nSPS) is 24.8. The maximum atomic E-state index is 13.5. The fraction of sp³-hybridized carbons (Fsp3) is 0.444. The standard InChI is InChI=1S/C27H32NO3S2/c1-28(2,15-14-19-8-4-3-5-9-19)22-18-20-12-13-21(22)25(20)31-26(29)27(30,23-10-6-16-32-23)24-11-7-17-33-24/h3-11,16-17,20-22,25,30H,12-15,18H2,1-2H3/q+1. The molecule has 2 saturated carbocycles. The third kappa shape index (κ3) is 4.18. The van der Waals surface area contributed by atoms with Gasteiger partial charge >= 0.3 is 5.97 Å². The Morgan fingerprint density at radius 3 is 2.30 bits per heavy atom. The number of hydrogen-bond acceptors (Lipinski definition) is 5. The number of likely N-dealkylation sites (N-methyl/N-ethyl adjacent to an activating group) is 1. The van der Waals surface area contributed by atoms with Crippen LogP contribution in [0.2, 0.25) is 0 Å². The summed E-state index contributed by atoms with van der Waals surface area (Å²) < 4.78 is 7.15. The number of carbonyl (C=O) groups is 1. The predicted octanol–water partition coefficient (Wildman–Crippen LogP) is 5.07. The molecule has 0 spiro atoms. The minimum absolute atomic E-state index is 0.108. The zero-order valence-electron chi connectivity index (χ0n) is 19.2. The summed E-state index contributed by atoms with van der Waals surface area (Å²) in [6.07, 6.45) is 4.22. The highest BCUT2D eigenvalue weighted by Gasteiger charge is 2.57. The number of quaternary nitrogens is 1. The van der Waals surface area contributed by atoms with Crippen LogP contribution in [-0.2, 0) is 21.6 Å². The Bertz CT molecular complexity index is 1030. The van der Waals surface area contributed by atoms with E-state index in [2.05, 4.69) is 44.4 Å². The topological polar surface area (TPSA) is 46.5 Å². The van der Waals surface area contributed by atoms with Gasteiger partial charge in [-0.05, 0) is 41.3 Å². The van der Waals surface area contributed by atoms with Gasteiger partial charge in [-0.3, -0.25) is 0 Å². The molecule has 1 N–H and O–H groups in total. The summed E-state index contributed by atoms with van der Waals surface area (Å²) >= 11 is 2.79. The van der Waals surface area contributed by atoms with Gasteiger partial charge in [0, 0.05) is 24.7 Å². The van der Waals surface area contributed by atoms with E-state index in [0.29, 0.717) is 27.6 Å². The molecule has 5 rings (SSSR count). The van der Waals surface area contributed by atoms with Crippen molar-refractivity contribution >= 4 is 28.6 Å². The van der Waals surface area contributed by atoms with Gasteiger partial charge in [0.2, 0.25) is 5.60 Å². The number of aliphatic hydroxyl groups is 1. The first kappa shape index (κ1) is 22.8. The van der Waals surface area contributed by atoms with Crippen molar-refractivity contribution in [3.05, 3.63) is 80.7 Å². The largest absolute Gasteiger partial charge is 0.459 e. The first-order chi connectivity index (χ1) is 15.9. The maximum Gasteiger partial charge on any atom is 0.349 e. The van der Waals surface area contributed by atoms with E-state index < -0.39 is 11.6 Å². The van der Waals surface area contributed by atoms with Gasteiger partial charge in [-0.15, -0.1) is 22.7 Å². The Morgan fingerprint density at radius 1 is 1.03 bits per heavy atom. The SMILES string of the molecule is C[N+](C)(CCc1ccccc1)C1CC2CCC1C2OC(=O)C(O)(c1cccs1)c1cccs1. The van der Waals surface area contributed by atoms with Crippen LogP contribution in [0.25, 0.3) is 0 Å². The lowest BCUT2D eigenvalue weighted by molar-refractivity contribution is -0.918. The molecule has 3 aromatic rings. The van der Waals surface area contributed by atoms with E-state index in [4.69, 9.17) is 4.74 Å². The Hall–Kier alpha value is -1.99. The van der Waals surface area contributed by atoms with Crippen LogP contribution in [-0.4, -0.2) is 48.3 Å². The molecule has 0 amide bonds. The molecule has 33 heavy (non-hydrogen) atoms. The van der Waals surface area contributed by atoms with Gasteiger partial charge in [0.1, 0.15) is 6.10 Å². The highest BCUT2D eigenvalue weighted by molar-refractivity contribution is 7.12. The van der Waals surface area contributed by atoms with Crippen molar-refractivity contribution in [1.82, 2.24) is 0 Å². The summed E-state index contributed by atoms with van der Waals surface area (Å²) in [6.45, 7) is 1.06. The van der Waals surface area contributed by atoms with Gasteiger partial charge in [-0.2, -0.15) is 0 Å². The van der Waals surface area contributed by atoms with E-state index in [1.165, 1.54) is 28.2 Å². The van der Waals surface area contributed by atoms with Gasteiger partial charge in [0.05, 0.1) is 36.4 Å². The van der Waals surface area contributed by atoms with Crippen LogP contribution in [0.5, 0.6) is 0 Å². The zero-order valence-corrected chi connectivity index (χ0v) is 20.9. The van der Waals surface area contributed by atoms with Crippen molar-refractivity contribution < 1.29 is 19.1 Å². The van der Waals surface area contributed by atoms with E-state index in [9.17, 15) is 9.90 Å². The fourth-order valence-electron chi connectivity index (χ4n) is 5.95. The second-order valence-corrected chi connectivity index (χ2v) is 12.0.